The zero-order valence-electron chi connectivity index (χ0n) is 13.6. The van der Waals surface area contributed by atoms with Crippen LogP contribution in [-0.4, -0.2) is 20.5 Å². The molecule has 0 aliphatic rings. The number of hydrogen-bond donors (Lipinski definition) is 1. The summed E-state index contributed by atoms with van der Waals surface area (Å²) in [6.45, 7) is 1.76. The molecule has 0 aliphatic heterocycles. The Bertz CT molecular complexity index is 916. The van der Waals surface area contributed by atoms with E-state index in [0.717, 1.165) is 0 Å². The maximum absolute atomic E-state index is 12.8. The Labute approximate surface area is 193 Å². The van der Waals surface area contributed by atoms with E-state index in [9.17, 15) is 13.6 Å². The first-order valence-electron chi connectivity index (χ1n) is 7.01. The minimum absolute atomic E-state index is 0. The molecule has 0 unspecified atom stereocenters. The first-order chi connectivity index (χ1) is 11.5. The molecular weight excluding hydrogens is 421 g/mol. The van der Waals surface area contributed by atoms with Gasteiger partial charge in [0.05, 0.1) is 10.0 Å². The van der Waals surface area contributed by atoms with Crippen molar-refractivity contribution in [2.45, 2.75) is 13.5 Å². The molecule has 9 heteroatoms. The summed E-state index contributed by atoms with van der Waals surface area (Å²) in [6.07, 6.45) is 1.21. The van der Waals surface area contributed by atoms with E-state index in [4.69, 9.17) is 0 Å². The van der Waals surface area contributed by atoms with Gasteiger partial charge in [-0.25, -0.2) is 9.50 Å². The van der Waals surface area contributed by atoms with E-state index in [2.05, 4.69) is 31.3 Å². The summed E-state index contributed by atoms with van der Waals surface area (Å²) in [5.74, 6) is -0.331. The largest absolute Gasteiger partial charge is 1.00 e. The summed E-state index contributed by atoms with van der Waals surface area (Å²) in [5, 5.41) is 6.73. The Balaban J connectivity index is 0.00000225. The van der Waals surface area contributed by atoms with E-state index < -0.39 is 6.43 Å². The van der Waals surface area contributed by atoms with E-state index >= 15 is 0 Å². The number of fused-ring (bicyclic) bond motifs is 1. The van der Waals surface area contributed by atoms with Gasteiger partial charge in [-0.2, -0.15) is 11.2 Å². The van der Waals surface area contributed by atoms with Crippen LogP contribution in [0, 0.1) is 13.3 Å². The van der Waals surface area contributed by atoms with Crippen molar-refractivity contribution in [2.75, 3.05) is 0 Å². The Morgan fingerprint density at radius 3 is 2.88 bits per heavy atom. The molecule has 2 heterocycles. The predicted molar refractivity (Wildman–Crippen MR) is 87.6 cm³/mol. The Morgan fingerprint density at radius 2 is 2.16 bits per heavy atom. The zero-order chi connectivity index (χ0) is 17.3. The van der Waals surface area contributed by atoms with Gasteiger partial charge in [-0.3, -0.25) is 13.6 Å². The Kier molecular flexibility index (Phi) is 7.12. The predicted octanol–water partition coefficient (Wildman–Crippen LogP) is 0.511. The molecule has 1 aromatic carbocycles. The van der Waals surface area contributed by atoms with Crippen molar-refractivity contribution < 1.29 is 65.0 Å². The Hall–Kier alpha value is -0.844. The smallest absolute Gasteiger partial charge is 0.349 e. The van der Waals surface area contributed by atoms with Gasteiger partial charge in [0, 0.05) is 12.7 Å². The third-order valence-electron chi connectivity index (χ3n) is 3.68. The van der Waals surface area contributed by atoms with E-state index in [1.54, 1.807) is 31.3 Å². The summed E-state index contributed by atoms with van der Waals surface area (Å²) >= 11 is 3.34. The molecule has 0 atom stereocenters. The van der Waals surface area contributed by atoms with Gasteiger partial charge >= 0.3 is 51.4 Å². The van der Waals surface area contributed by atoms with Gasteiger partial charge in [-0.1, -0.05) is 18.6 Å². The molecule has 1 amide bonds. The van der Waals surface area contributed by atoms with Crippen LogP contribution in [0.4, 0.5) is 8.78 Å². The molecule has 124 valence electrons. The van der Waals surface area contributed by atoms with Gasteiger partial charge in [-0.15, -0.1) is 17.2 Å². The van der Waals surface area contributed by atoms with Gasteiger partial charge in [0.15, 0.2) is 12.1 Å². The maximum Gasteiger partial charge on any atom is 1.00 e. The van der Waals surface area contributed by atoms with Crippen molar-refractivity contribution in [3.8, 4) is 0 Å². The maximum atomic E-state index is 12.8. The molecule has 0 radical (unpaired) electrons. The van der Waals surface area contributed by atoms with Crippen molar-refractivity contribution >= 4 is 27.5 Å². The SMILES string of the molecule is Cc1c(CNC(=O)c2cc(Br)c3ncnn3c2)cccc1[C-](F)F.[K+]. The van der Waals surface area contributed by atoms with E-state index in [1.165, 1.54) is 16.9 Å². The summed E-state index contributed by atoms with van der Waals surface area (Å²) < 4.78 is 27.8. The van der Waals surface area contributed by atoms with E-state index in [0.29, 0.717) is 26.8 Å². The molecule has 0 spiro atoms. The molecule has 0 saturated heterocycles. The van der Waals surface area contributed by atoms with Crippen molar-refractivity contribution in [3.05, 3.63) is 69.9 Å². The minimum Gasteiger partial charge on any atom is -0.349 e. The number of nitrogens with one attached hydrogen (secondary N) is 1. The average molecular weight is 433 g/mol. The number of hydrogen-bond acceptors (Lipinski definition) is 3. The summed E-state index contributed by atoms with van der Waals surface area (Å²) in [7, 11) is 0. The number of amides is 1. The van der Waals surface area contributed by atoms with Crippen LogP contribution in [0.5, 0.6) is 0 Å². The normalized spacial score (nSPS) is 10.4. The molecule has 2 aromatic heterocycles. The second-order valence-electron chi connectivity index (χ2n) is 5.14. The van der Waals surface area contributed by atoms with Crippen molar-refractivity contribution in [1.29, 1.82) is 0 Å². The molecule has 1 N–H and O–H groups in total. The fraction of sp³-hybridized carbons (Fsp3) is 0.125. The second-order valence-corrected chi connectivity index (χ2v) is 5.99. The number of aromatic nitrogens is 3. The van der Waals surface area contributed by atoms with Gasteiger partial charge in [0.2, 0.25) is 0 Å². The van der Waals surface area contributed by atoms with Crippen LogP contribution >= 0.6 is 15.9 Å². The van der Waals surface area contributed by atoms with E-state index in [-0.39, 0.29) is 69.4 Å². The molecule has 0 bridgehead atoms. The summed E-state index contributed by atoms with van der Waals surface area (Å²) in [4.78, 5) is 16.4. The van der Waals surface area contributed by atoms with Crippen LogP contribution in [0.15, 0.2) is 41.3 Å². The molecule has 5 nitrogen and oxygen atoms in total. The minimum atomic E-state index is -1.73. The van der Waals surface area contributed by atoms with Crippen LogP contribution < -0.4 is 56.7 Å². The molecule has 0 saturated carbocycles. The summed E-state index contributed by atoms with van der Waals surface area (Å²) in [5.41, 5.74) is 1.97. The molecular formula is C16H12BrF2KN4O. The zero-order valence-corrected chi connectivity index (χ0v) is 18.3. The van der Waals surface area contributed by atoms with Gasteiger partial charge in [0.1, 0.15) is 6.33 Å². The first kappa shape index (κ1) is 20.5. The third kappa shape index (κ3) is 4.47. The standard InChI is InChI=1S/C16H12BrF2N4O.K/c1-9-10(3-2-4-12(9)14(18)19)6-20-16(24)11-5-13(17)15-21-8-22-23(15)7-11;/h2-5,7-8H,6H2,1H3,(H,20,24);/q-1;+1. The second kappa shape index (κ2) is 8.70. The van der Waals surface area contributed by atoms with Crippen LogP contribution in [0.3, 0.4) is 0 Å². The fourth-order valence-electron chi connectivity index (χ4n) is 2.37. The van der Waals surface area contributed by atoms with Crippen molar-refractivity contribution in [2.24, 2.45) is 0 Å². The van der Waals surface area contributed by atoms with Crippen LogP contribution in [-0.2, 0) is 6.54 Å². The number of nitrogens with zero attached hydrogens (tertiary/aromatic N) is 3. The topological polar surface area (TPSA) is 59.3 Å². The third-order valence-corrected chi connectivity index (χ3v) is 4.26. The van der Waals surface area contributed by atoms with Gasteiger partial charge in [-0.05, 0) is 22.0 Å². The average Bonchev–Trinajstić information content (AvgIpc) is 3.02. The number of halogens is 3. The quantitative estimate of drug-likeness (QED) is 0.482. The fourth-order valence-corrected chi connectivity index (χ4v) is 2.90. The van der Waals surface area contributed by atoms with Crippen LogP contribution in [0.2, 0.25) is 0 Å². The van der Waals surface area contributed by atoms with Gasteiger partial charge < -0.3 is 5.32 Å². The molecule has 25 heavy (non-hydrogen) atoms. The number of rotatable bonds is 4. The summed E-state index contributed by atoms with van der Waals surface area (Å²) in [6, 6.07) is 6.24. The number of carbonyl (C=O) groups is 1. The van der Waals surface area contributed by atoms with Crippen LogP contribution in [0.25, 0.3) is 5.65 Å². The van der Waals surface area contributed by atoms with Gasteiger partial charge in [0.25, 0.3) is 5.91 Å². The Morgan fingerprint density at radius 1 is 1.40 bits per heavy atom. The molecule has 0 fully saturated rings. The number of pyridine rings is 1. The first-order valence-corrected chi connectivity index (χ1v) is 7.80. The molecule has 3 aromatic rings. The molecule has 3 rings (SSSR count). The monoisotopic (exact) mass is 432 g/mol. The van der Waals surface area contributed by atoms with Crippen molar-refractivity contribution in [3.63, 3.8) is 0 Å². The van der Waals surface area contributed by atoms with Crippen molar-refractivity contribution in [1.82, 2.24) is 19.9 Å². The molecule has 0 aliphatic carbocycles. The number of benzene rings is 1. The van der Waals surface area contributed by atoms with Crippen LogP contribution in [0.1, 0.15) is 27.0 Å². The van der Waals surface area contributed by atoms with E-state index in [1.807, 2.05) is 0 Å². The number of carbonyl (C=O) groups excluding carboxylic acids is 1.